The molecule has 0 aliphatic carbocycles. The summed E-state index contributed by atoms with van der Waals surface area (Å²) in [6.07, 6.45) is 3.44. The minimum atomic E-state index is -0.0327. The van der Waals surface area contributed by atoms with Gasteiger partial charge in [-0.2, -0.15) is 0 Å². The highest BCUT2D eigenvalue weighted by atomic mass is 16.3. The lowest BCUT2D eigenvalue weighted by atomic mass is 10.1. The molecule has 1 N–H and O–H groups in total. The Balaban J connectivity index is 2.50. The van der Waals surface area contributed by atoms with E-state index in [1.807, 2.05) is 19.1 Å². The number of pyridine rings is 1. The fourth-order valence-electron chi connectivity index (χ4n) is 1.82. The molecule has 0 saturated carbocycles. The van der Waals surface area contributed by atoms with Crippen LogP contribution in [0.15, 0.2) is 24.5 Å². The zero-order chi connectivity index (χ0) is 13.1. The maximum Gasteiger partial charge on any atom is 0.178 e. The largest absolute Gasteiger partial charge is 0.392 e. The molecular weight excluding hydrogens is 226 g/mol. The lowest BCUT2D eigenvalue weighted by molar-refractivity contribution is 0.279. The van der Waals surface area contributed by atoms with Crippen LogP contribution in [0.1, 0.15) is 36.6 Å². The summed E-state index contributed by atoms with van der Waals surface area (Å²) in [4.78, 5) is 13.1. The Kier molecular flexibility index (Phi) is 3.67. The van der Waals surface area contributed by atoms with Gasteiger partial charge in [-0.05, 0) is 30.5 Å². The summed E-state index contributed by atoms with van der Waals surface area (Å²) in [5, 5.41) is 9.28. The number of nitrogens with zero attached hydrogens (tertiary/aromatic N) is 3. The molecule has 0 unspecified atom stereocenters. The molecule has 2 aromatic heterocycles. The Hall–Kier alpha value is -1.81. The third-order valence-electron chi connectivity index (χ3n) is 2.76. The van der Waals surface area contributed by atoms with Crippen molar-refractivity contribution in [1.82, 2.24) is 15.0 Å². The summed E-state index contributed by atoms with van der Waals surface area (Å²) in [7, 11) is 0. The predicted molar refractivity (Wildman–Crippen MR) is 70.0 cm³/mol. The van der Waals surface area contributed by atoms with E-state index in [9.17, 15) is 5.11 Å². The number of hydrogen-bond acceptors (Lipinski definition) is 4. The lowest BCUT2D eigenvalue weighted by Crippen LogP contribution is -2.04. The van der Waals surface area contributed by atoms with E-state index < -0.39 is 0 Å². The minimum absolute atomic E-state index is 0.0327. The first kappa shape index (κ1) is 12.6. The first-order chi connectivity index (χ1) is 8.61. The fourth-order valence-corrected chi connectivity index (χ4v) is 1.82. The SMILES string of the molecule is Cc1ccnc(-c2ncc(CO)c(C(C)C)n2)c1. The van der Waals surface area contributed by atoms with Gasteiger partial charge in [0, 0.05) is 18.0 Å². The molecule has 0 amide bonds. The van der Waals surface area contributed by atoms with Gasteiger partial charge in [0.05, 0.1) is 12.3 Å². The van der Waals surface area contributed by atoms with Crippen molar-refractivity contribution in [3.05, 3.63) is 41.3 Å². The van der Waals surface area contributed by atoms with E-state index in [2.05, 4.69) is 28.8 Å². The van der Waals surface area contributed by atoms with Gasteiger partial charge in [-0.3, -0.25) is 4.98 Å². The maximum absolute atomic E-state index is 9.28. The van der Waals surface area contributed by atoms with E-state index in [-0.39, 0.29) is 12.5 Å². The highest BCUT2D eigenvalue weighted by Gasteiger charge is 2.11. The predicted octanol–water partition coefficient (Wildman–Crippen LogP) is 2.46. The van der Waals surface area contributed by atoms with Gasteiger partial charge < -0.3 is 5.11 Å². The van der Waals surface area contributed by atoms with Gasteiger partial charge in [0.1, 0.15) is 5.69 Å². The van der Waals surface area contributed by atoms with Crippen LogP contribution in [0, 0.1) is 6.92 Å². The van der Waals surface area contributed by atoms with Gasteiger partial charge in [0.25, 0.3) is 0 Å². The van der Waals surface area contributed by atoms with Crippen LogP contribution in [-0.2, 0) is 6.61 Å². The van der Waals surface area contributed by atoms with Crippen LogP contribution in [0.25, 0.3) is 11.5 Å². The topological polar surface area (TPSA) is 58.9 Å². The van der Waals surface area contributed by atoms with Gasteiger partial charge >= 0.3 is 0 Å². The maximum atomic E-state index is 9.28. The van der Waals surface area contributed by atoms with E-state index >= 15 is 0 Å². The lowest BCUT2D eigenvalue weighted by Gasteiger charge is -2.11. The van der Waals surface area contributed by atoms with Gasteiger partial charge in [0.15, 0.2) is 5.82 Å². The normalized spacial score (nSPS) is 10.9. The standard InChI is InChI=1S/C14H17N3O/c1-9(2)13-11(8-18)7-16-14(17-13)12-6-10(3)4-5-15-12/h4-7,9,18H,8H2,1-3H3. The monoisotopic (exact) mass is 243 g/mol. The minimum Gasteiger partial charge on any atom is -0.392 e. The van der Waals surface area contributed by atoms with Crippen molar-refractivity contribution >= 4 is 0 Å². The Morgan fingerprint density at radius 3 is 2.67 bits per heavy atom. The van der Waals surface area contributed by atoms with Crippen LogP contribution in [0.4, 0.5) is 0 Å². The van der Waals surface area contributed by atoms with Crippen LogP contribution in [0.2, 0.25) is 0 Å². The molecule has 2 rings (SSSR count). The second-order valence-corrected chi connectivity index (χ2v) is 4.64. The van der Waals surface area contributed by atoms with E-state index in [1.165, 1.54) is 0 Å². The molecule has 0 atom stereocenters. The van der Waals surface area contributed by atoms with E-state index in [0.717, 1.165) is 22.5 Å². The zero-order valence-corrected chi connectivity index (χ0v) is 10.9. The van der Waals surface area contributed by atoms with Crippen molar-refractivity contribution < 1.29 is 5.11 Å². The van der Waals surface area contributed by atoms with Crippen LogP contribution < -0.4 is 0 Å². The zero-order valence-electron chi connectivity index (χ0n) is 10.9. The van der Waals surface area contributed by atoms with Crippen molar-refractivity contribution in [1.29, 1.82) is 0 Å². The van der Waals surface area contributed by atoms with Crippen LogP contribution >= 0.6 is 0 Å². The van der Waals surface area contributed by atoms with Gasteiger partial charge in [-0.15, -0.1) is 0 Å². The molecular formula is C14H17N3O. The van der Waals surface area contributed by atoms with E-state index in [4.69, 9.17) is 0 Å². The Labute approximate surface area is 107 Å². The highest BCUT2D eigenvalue weighted by molar-refractivity contribution is 5.50. The van der Waals surface area contributed by atoms with Gasteiger partial charge in [0.2, 0.25) is 0 Å². The summed E-state index contributed by atoms with van der Waals surface area (Å²) in [5.41, 5.74) is 3.55. The molecule has 2 heterocycles. The van der Waals surface area contributed by atoms with Crippen molar-refractivity contribution in [2.75, 3.05) is 0 Å². The summed E-state index contributed by atoms with van der Waals surface area (Å²) in [6.45, 7) is 6.08. The molecule has 0 aliphatic heterocycles. The van der Waals surface area contributed by atoms with Gasteiger partial charge in [-0.1, -0.05) is 13.8 Å². The summed E-state index contributed by atoms with van der Waals surface area (Å²) < 4.78 is 0. The Morgan fingerprint density at radius 1 is 1.28 bits per heavy atom. The third kappa shape index (κ3) is 2.54. The summed E-state index contributed by atoms with van der Waals surface area (Å²) >= 11 is 0. The molecule has 0 radical (unpaired) electrons. The number of aryl methyl sites for hydroxylation is 1. The van der Waals surface area contributed by atoms with Crippen LogP contribution in [0.5, 0.6) is 0 Å². The molecule has 0 aliphatic rings. The second-order valence-electron chi connectivity index (χ2n) is 4.64. The molecule has 4 heteroatoms. The molecule has 94 valence electrons. The molecule has 2 aromatic rings. The van der Waals surface area contributed by atoms with Crippen molar-refractivity contribution in [3.8, 4) is 11.5 Å². The van der Waals surface area contributed by atoms with Crippen LogP contribution in [-0.4, -0.2) is 20.1 Å². The Morgan fingerprint density at radius 2 is 2.06 bits per heavy atom. The average molecular weight is 243 g/mol. The van der Waals surface area contributed by atoms with Crippen molar-refractivity contribution in [3.63, 3.8) is 0 Å². The molecule has 0 saturated heterocycles. The number of hydrogen-bond donors (Lipinski definition) is 1. The number of aromatic nitrogens is 3. The second kappa shape index (κ2) is 5.23. The number of aliphatic hydroxyl groups excluding tert-OH is 1. The van der Waals surface area contributed by atoms with Crippen LogP contribution in [0.3, 0.4) is 0 Å². The first-order valence-electron chi connectivity index (χ1n) is 6.01. The van der Waals surface area contributed by atoms with Crippen molar-refractivity contribution in [2.24, 2.45) is 0 Å². The summed E-state index contributed by atoms with van der Waals surface area (Å²) in [5.74, 6) is 0.860. The third-order valence-corrected chi connectivity index (χ3v) is 2.76. The Bertz CT molecular complexity index is 552. The molecule has 0 aromatic carbocycles. The van der Waals surface area contributed by atoms with Gasteiger partial charge in [-0.25, -0.2) is 9.97 Å². The number of aliphatic hydroxyl groups is 1. The molecule has 0 bridgehead atoms. The molecule has 18 heavy (non-hydrogen) atoms. The summed E-state index contributed by atoms with van der Waals surface area (Å²) in [6, 6.07) is 3.90. The van der Waals surface area contributed by atoms with E-state index in [0.29, 0.717) is 5.82 Å². The molecule has 0 fully saturated rings. The first-order valence-corrected chi connectivity index (χ1v) is 6.01. The fraction of sp³-hybridized carbons (Fsp3) is 0.357. The quantitative estimate of drug-likeness (QED) is 0.899. The number of rotatable bonds is 3. The van der Waals surface area contributed by atoms with E-state index in [1.54, 1.807) is 12.4 Å². The molecule has 0 spiro atoms. The average Bonchev–Trinajstić information content (AvgIpc) is 2.38. The molecule has 4 nitrogen and oxygen atoms in total. The van der Waals surface area contributed by atoms with Crippen molar-refractivity contribution in [2.45, 2.75) is 33.3 Å². The highest BCUT2D eigenvalue weighted by Crippen LogP contribution is 2.20. The smallest absolute Gasteiger partial charge is 0.178 e.